The summed E-state index contributed by atoms with van der Waals surface area (Å²) < 4.78 is 5.35. The lowest BCUT2D eigenvalue weighted by atomic mass is 9.95. The summed E-state index contributed by atoms with van der Waals surface area (Å²) in [5.41, 5.74) is 0. The van der Waals surface area contributed by atoms with E-state index in [2.05, 4.69) is 39.6 Å². The molecule has 0 aliphatic carbocycles. The van der Waals surface area contributed by atoms with Gasteiger partial charge in [0.15, 0.2) is 5.96 Å². The van der Waals surface area contributed by atoms with Gasteiger partial charge < -0.3 is 19.9 Å². The van der Waals surface area contributed by atoms with Crippen LogP contribution in [0.4, 0.5) is 0 Å². The number of piperidine rings is 1. The topological polar surface area (TPSA) is 57.2 Å². The van der Waals surface area contributed by atoms with Crippen LogP contribution in [-0.4, -0.2) is 74.7 Å². The molecule has 1 aromatic heterocycles. The van der Waals surface area contributed by atoms with Crippen LogP contribution in [0.1, 0.15) is 30.6 Å². The third-order valence-electron chi connectivity index (χ3n) is 5.27. The fourth-order valence-corrected chi connectivity index (χ4v) is 4.42. The van der Waals surface area contributed by atoms with E-state index in [1.165, 1.54) is 4.88 Å². The van der Waals surface area contributed by atoms with Crippen molar-refractivity contribution in [2.75, 3.05) is 53.0 Å². The van der Waals surface area contributed by atoms with Gasteiger partial charge in [0.05, 0.1) is 13.2 Å². The number of hydrogen-bond acceptors (Lipinski definition) is 4. The Hall–Kier alpha value is -0.870. The van der Waals surface area contributed by atoms with Gasteiger partial charge in [-0.2, -0.15) is 0 Å². The monoisotopic (exact) mass is 506 g/mol. The van der Waals surface area contributed by atoms with Crippen LogP contribution in [0.15, 0.2) is 22.5 Å². The molecule has 0 saturated carbocycles. The molecule has 1 N–H and O–H groups in total. The number of carbonyl (C=O) groups excluding carboxylic acids is 1. The fourth-order valence-electron chi connectivity index (χ4n) is 3.63. The summed E-state index contributed by atoms with van der Waals surface area (Å²) in [6.45, 7) is 7.69. The first-order chi connectivity index (χ1) is 12.7. The van der Waals surface area contributed by atoms with Crippen molar-refractivity contribution in [2.24, 2.45) is 10.9 Å². The molecule has 27 heavy (non-hydrogen) atoms. The van der Waals surface area contributed by atoms with Crippen molar-refractivity contribution in [3.05, 3.63) is 22.4 Å². The van der Waals surface area contributed by atoms with Gasteiger partial charge >= 0.3 is 0 Å². The predicted octanol–water partition coefficient (Wildman–Crippen LogP) is 2.62. The van der Waals surface area contributed by atoms with Gasteiger partial charge in [0, 0.05) is 56.5 Å². The Bertz CT molecular complexity index is 597. The second kappa shape index (κ2) is 11.2. The molecule has 1 aromatic rings. The van der Waals surface area contributed by atoms with Gasteiger partial charge in [-0.05, 0) is 24.3 Å². The van der Waals surface area contributed by atoms with Crippen LogP contribution in [-0.2, 0) is 9.53 Å². The van der Waals surface area contributed by atoms with Crippen LogP contribution in [0.2, 0.25) is 0 Å². The zero-order chi connectivity index (χ0) is 18.4. The largest absolute Gasteiger partial charge is 0.378 e. The summed E-state index contributed by atoms with van der Waals surface area (Å²) in [4.78, 5) is 22.7. The quantitative estimate of drug-likeness (QED) is 0.388. The van der Waals surface area contributed by atoms with Crippen LogP contribution >= 0.6 is 35.3 Å². The number of morpholine rings is 1. The molecule has 2 fully saturated rings. The third-order valence-corrected chi connectivity index (χ3v) is 6.38. The van der Waals surface area contributed by atoms with Gasteiger partial charge in [0.25, 0.3) is 0 Å². The Morgan fingerprint density at radius 3 is 2.59 bits per heavy atom. The van der Waals surface area contributed by atoms with E-state index in [1.807, 2.05) is 11.9 Å². The molecule has 0 radical (unpaired) electrons. The highest BCUT2D eigenvalue weighted by molar-refractivity contribution is 14.0. The number of hydrogen-bond donors (Lipinski definition) is 1. The molecule has 1 unspecified atom stereocenters. The Balaban J connectivity index is 0.00000261. The highest BCUT2D eigenvalue weighted by Gasteiger charge is 2.30. The summed E-state index contributed by atoms with van der Waals surface area (Å²) in [7, 11) is 1.84. The second-order valence-corrected chi connectivity index (χ2v) is 8.02. The molecule has 0 bridgehead atoms. The van der Waals surface area contributed by atoms with Crippen molar-refractivity contribution in [1.29, 1.82) is 0 Å². The van der Waals surface area contributed by atoms with E-state index in [9.17, 15) is 4.79 Å². The van der Waals surface area contributed by atoms with Gasteiger partial charge in [0.2, 0.25) is 5.91 Å². The van der Waals surface area contributed by atoms with Crippen molar-refractivity contribution in [3.63, 3.8) is 0 Å². The average molecular weight is 506 g/mol. The minimum absolute atomic E-state index is 0. The van der Waals surface area contributed by atoms with E-state index in [4.69, 9.17) is 4.74 Å². The first-order valence-corrected chi connectivity index (χ1v) is 10.4. The summed E-state index contributed by atoms with van der Waals surface area (Å²) in [5.74, 6) is 1.87. The number of thiophene rings is 1. The zero-order valence-corrected chi connectivity index (χ0v) is 19.4. The summed E-state index contributed by atoms with van der Waals surface area (Å²) >= 11 is 1.80. The summed E-state index contributed by atoms with van der Waals surface area (Å²) in [5, 5.41) is 5.63. The SMILES string of the molecule is CN=C(NCC(C)c1cccs1)N1CCC(C(=O)N2CCOCC2)CC1.I. The minimum atomic E-state index is 0. The maximum atomic E-state index is 12.7. The third kappa shape index (κ3) is 6.05. The normalized spacial score (nSPS) is 20.1. The van der Waals surface area contributed by atoms with Crippen molar-refractivity contribution in [3.8, 4) is 0 Å². The first kappa shape index (κ1) is 22.4. The maximum absolute atomic E-state index is 12.7. The van der Waals surface area contributed by atoms with Crippen molar-refractivity contribution < 1.29 is 9.53 Å². The molecular weight excluding hydrogens is 475 g/mol. The van der Waals surface area contributed by atoms with E-state index in [0.717, 1.165) is 51.5 Å². The van der Waals surface area contributed by atoms with Gasteiger partial charge in [0.1, 0.15) is 0 Å². The van der Waals surface area contributed by atoms with Crippen LogP contribution in [0.5, 0.6) is 0 Å². The van der Waals surface area contributed by atoms with E-state index in [0.29, 0.717) is 25.0 Å². The number of carbonyl (C=O) groups is 1. The molecule has 1 atom stereocenters. The molecule has 3 rings (SSSR count). The number of nitrogens with one attached hydrogen (secondary N) is 1. The van der Waals surface area contributed by atoms with E-state index < -0.39 is 0 Å². The van der Waals surface area contributed by atoms with Crippen molar-refractivity contribution in [2.45, 2.75) is 25.7 Å². The number of aliphatic imine (C=N–C) groups is 1. The number of halogens is 1. The zero-order valence-electron chi connectivity index (χ0n) is 16.2. The number of ether oxygens (including phenoxy) is 1. The van der Waals surface area contributed by atoms with Gasteiger partial charge in [-0.1, -0.05) is 13.0 Å². The minimum Gasteiger partial charge on any atom is -0.378 e. The van der Waals surface area contributed by atoms with Gasteiger partial charge in [-0.15, -0.1) is 35.3 Å². The van der Waals surface area contributed by atoms with Crippen molar-refractivity contribution >= 4 is 47.2 Å². The van der Waals surface area contributed by atoms with Gasteiger partial charge in [-0.25, -0.2) is 0 Å². The summed E-state index contributed by atoms with van der Waals surface area (Å²) in [6, 6.07) is 4.28. The molecule has 6 nitrogen and oxygen atoms in total. The molecule has 3 heterocycles. The lowest BCUT2D eigenvalue weighted by Crippen LogP contribution is -2.50. The molecule has 2 saturated heterocycles. The number of likely N-dealkylation sites (tertiary alicyclic amines) is 1. The van der Waals surface area contributed by atoms with E-state index in [1.54, 1.807) is 11.3 Å². The van der Waals surface area contributed by atoms with E-state index in [-0.39, 0.29) is 29.9 Å². The Labute approximate surface area is 183 Å². The highest BCUT2D eigenvalue weighted by Crippen LogP contribution is 2.22. The lowest BCUT2D eigenvalue weighted by Gasteiger charge is -2.37. The summed E-state index contributed by atoms with van der Waals surface area (Å²) in [6.07, 6.45) is 1.80. The molecule has 0 spiro atoms. The van der Waals surface area contributed by atoms with Crippen LogP contribution in [0.25, 0.3) is 0 Å². The lowest BCUT2D eigenvalue weighted by molar-refractivity contribution is -0.140. The first-order valence-electron chi connectivity index (χ1n) is 9.54. The van der Waals surface area contributed by atoms with Gasteiger partial charge in [-0.3, -0.25) is 9.79 Å². The number of rotatable bonds is 4. The van der Waals surface area contributed by atoms with Crippen LogP contribution < -0.4 is 5.32 Å². The molecular formula is C19H31IN4O2S. The molecule has 8 heteroatoms. The molecule has 2 aliphatic heterocycles. The average Bonchev–Trinajstić information content (AvgIpc) is 3.24. The Kier molecular flexibility index (Phi) is 9.31. The molecule has 1 amide bonds. The smallest absolute Gasteiger partial charge is 0.225 e. The van der Waals surface area contributed by atoms with Crippen LogP contribution in [0, 0.1) is 5.92 Å². The molecule has 2 aliphatic rings. The van der Waals surface area contributed by atoms with E-state index >= 15 is 0 Å². The number of amides is 1. The predicted molar refractivity (Wildman–Crippen MR) is 121 cm³/mol. The Morgan fingerprint density at radius 1 is 1.30 bits per heavy atom. The molecule has 152 valence electrons. The highest BCUT2D eigenvalue weighted by atomic mass is 127. The molecule has 0 aromatic carbocycles. The van der Waals surface area contributed by atoms with Crippen LogP contribution in [0.3, 0.4) is 0 Å². The number of nitrogens with zero attached hydrogens (tertiary/aromatic N) is 3. The number of guanidine groups is 1. The maximum Gasteiger partial charge on any atom is 0.225 e. The fraction of sp³-hybridized carbons (Fsp3) is 0.684. The van der Waals surface area contributed by atoms with Crippen molar-refractivity contribution in [1.82, 2.24) is 15.1 Å². The Morgan fingerprint density at radius 2 is 2.00 bits per heavy atom. The standard InChI is InChI=1S/C19H30N4O2S.HI/c1-15(17-4-3-13-26-17)14-21-19(20-2)23-7-5-16(6-8-23)18(24)22-9-11-25-12-10-22;/h3-4,13,15-16H,5-12,14H2,1-2H3,(H,20,21);1H. The second-order valence-electron chi connectivity index (χ2n) is 7.04.